The van der Waals surface area contributed by atoms with Crippen LogP contribution < -0.4 is 10.0 Å². The molecule has 8 heteroatoms. The maximum atomic E-state index is 11.5. The highest BCUT2D eigenvalue weighted by Gasteiger charge is 2.15. The molecule has 2 N–H and O–H groups in total. The van der Waals surface area contributed by atoms with Crippen molar-refractivity contribution in [3.05, 3.63) is 0 Å². The molecule has 2 amide bonds. The van der Waals surface area contributed by atoms with Crippen molar-refractivity contribution in [1.29, 1.82) is 0 Å². The number of carbonyl (C=O) groups is 1. The van der Waals surface area contributed by atoms with Crippen LogP contribution >= 0.6 is 0 Å². The number of hydrogen-bond acceptors (Lipinski definition) is 4. The van der Waals surface area contributed by atoms with Gasteiger partial charge in [0.25, 0.3) is 0 Å². The third-order valence-corrected chi connectivity index (χ3v) is 2.79. The standard InChI is InChI=1S/C8H17N3O4S/c1-16(13,14)10-3-2-9-8(12)11-4-6-15-7-5-11/h10H,2-7H2,1H3,(H,9,12). The molecule has 0 atom stereocenters. The Bertz CT molecular complexity index is 324. The van der Waals surface area contributed by atoms with Crippen LogP contribution in [0.5, 0.6) is 0 Å². The van der Waals surface area contributed by atoms with Crippen molar-refractivity contribution < 1.29 is 17.9 Å². The minimum Gasteiger partial charge on any atom is -0.378 e. The zero-order chi connectivity index (χ0) is 12.0. The number of amides is 2. The van der Waals surface area contributed by atoms with Crippen LogP contribution in [0.25, 0.3) is 0 Å². The van der Waals surface area contributed by atoms with E-state index in [4.69, 9.17) is 4.74 Å². The largest absolute Gasteiger partial charge is 0.378 e. The van der Waals surface area contributed by atoms with Gasteiger partial charge in [0.2, 0.25) is 10.0 Å². The number of urea groups is 1. The molecule has 0 saturated carbocycles. The molecular formula is C8H17N3O4S. The van der Waals surface area contributed by atoms with Gasteiger partial charge in [-0.3, -0.25) is 0 Å². The molecule has 0 aromatic rings. The topological polar surface area (TPSA) is 87.7 Å². The fourth-order valence-electron chi connectivity index (χ4n) is 1.28. The zero-order valence-corrected chi connectivity index (χ0v) is 10.0. The highest BCUT2D eigenvalue weighted by Crippen LogP contribution is 1.96. The second-order valence-corrected chi connectivity index (χ2v) is 5.33. The normalized spacial score (nSPS) is 17.2. The molecule has 0 unspecified atom stereocenters. The van der Waals surface area contributed by atoms with Gasteiger partial charge in [-0.2, -0.15) is 0 Å². The van der Waals surface area contributed by atoms with E-state index < -0.39 is 10.0 Å². The molecule has 16 heavy (non-hydrogen) atoms. The van der Waals surface area contributed by atoms with Gasteiger partial charge in [-0.05, 0) is 0 Å². The molecule has 0 aromatic heterocycles. The number of hydrogen-bond donors (Lipinski definition) is 2. The molecule has 0 bridgehead atoms. The molecule has 1 heterocycles. The Morgan fingerprint density at radius 1 is 1.31 bits per heavy atom. The highest BCUT2D eigenvalue weighted by molar-refractivity contribution is 7.88. The van der Waals surface area contributed by atoms with Crippen LogP contribution in [0.4, 0.5) is 4.79 Å². The predicted molar refractivity (Wildman–Crippen MR) is 58.6 cm³/mol. The maximum Gasteiger partial charge on any atom is 0.317 e. The lowest BCUT2D eigenvalue weighted by Gasteiger charge is -2.26. The van der Waals surface area contributed by atoms with Gasteiger partial charge in [-0.1, -0.05) is 0 Å². The lowest BCUT2D eigenvalue weighted by molar-refractivity contribution is 0.0533. The molecule has 94 valence electrons. The van der Waals surface area contributed by atoms with Crippen LogP contribution in [0.3, 0.4) is 0 Å². The number of nitrogens with zero attached hydrogens (tertiary/aromatic N) is 1. The molecule has 1 rings (SSSR count). The van der Waals surface area contributed by atoms with Crippen molar-refractivity contribution >= 4 is 16.1 Å². The van der Waals surface area contributed by atoms with Crippen LogP contribution in [-0.2, 0) is 14.8 Å². The predicted octanol–water partition coefficient (Wildman–Crippen LogP) is -1.42. The van der Waals surface area contributed by atoms with Gasteiger partial charge in [0, 0.05) is 26.2 Å². The Morgan fingerprint density at radius 2 is 1.94 bits per heavy atom. The number of morpholine rings is 1. The third-order valence-electron chi connectivity index (χ3n) is 2.06. The molecule has 1 fully saturated rings. The SMILES string of the molecule is CS(=O)(=O)NCCNC(=O)N1CCOCC1. The van der Waals surface area contributed by atoms with Gasteiger partial charge >= 0.3 is 6.03 Å². The monoisotopic (exact) mass is 251 g/mol. The van der Waals surface area contributed by atoms with E-state index >= 15 is 0 Å². The van der Waals surface area contributed by atoms with E-state index in [9.17, 15) is 13.2 Å². The summed E-state index contributed by atoms with van der Waals surface area (Å²) in [5, 5.41) is 2.63. The molecular weight excluding hydrogens is 234 g/mol. The van der Waals surface area contributed by atoms with E-state index in [1.54, 1.807) is 4.90 Å². The third kappa shape index (κ3) is 5.29. The molecule has 0 spiro atoms. The van der Waals surface area contributed by atoms with E-state index in [0.717, 1.165) is 6.26 Å². The van der Waals surface area contributed by atoms with Crippen molar-refractivity contribution in [2.24, 2.45) is 0 Å². The van der Waals surface area contributed by atoms with Crippen LogP contribution in [0.15, 0.2) is 0 Å². The molecule has 0 aromatic carbocycles. The van der Waals surface area contributed by atoms with Gasteiger partial charge in [-0.15, -0.1) is 0 Å². The second kappa shape index (κ2) is 6.02. The van der Waals surface area contributed by atoms with Gasteiger partial charge in [0.15, 0.2) is 0 Å². The van der Waals surface area contributed by atoms with Crippen molar-refractivity contribution in [3.8, 4) is 0 Å². The maximum absolute atomic E-state index is 11.5. The summed E-state index contributed by atoms with van der Waals surface area (Å²) in [6, 6.07) is -0.182. The Labute approximate surface area is 95.2 Å². The van der Waals surface area contributed by atoms with E-state index in [1.165, 1.54) is 0 Å². The first-order valence-electron chi connectivity index (χ1n) is 5.04. The van der Waals surface area contributed by atoms with E-state index in [0.29, 0.717) is 26.3 Å². The van der Waals surface area contributed by atoms with Gasteiger partial charge in [-0.25, -0.2) is 17.9 Å². The smallest absolute Gasteiger partial charge is 0.317 e. The van der Waals surface area contributed by atoms with Crippen molar-refractivity contribution in [3.63, 3.8) is 0 Å². The summed E-state index contributed by atoms with van der Waals surface area (Å²) in [5.41, 5.74) is 0. The molecule has 0 aliphatic carbocycles. The first kappa shape index (κ1) is 13.2. The van der Waals surface area contributed by atoms with Crippen molar-refractivity contribution in [2.45, 2.75) is 0 Å². The minimum atomic E-state index is -3.18. The molecule has 1 aliphatic heterocycles. The molecule has 0 radical (unpaired) electrons. The summed E-state index contributed by atoms with van der Waals surface area (Å²) in [6.07, 6.45) is 1.08. The average Bonchev–Trinajstić information content (AvgIpc) is 2.24. The Balaban J connectivity index is 2.14. The van der Waals surface area contributed by atoms with Crippen molar-refractivity contribution in [1.82, 2.24) is 14.9 Å². The van der Waals surface area contributed by atoms with Crippen LogP contribution in [-0.4, -0.2) is 65.0 Å². The summed E-state index contributed by atoms with van der Waals surface area (Å²) < 4.78 is 28.9. The molecule has 7 nitrogen and oxygen atoms in total. The first-order valence-corrected chi connectivity index (χ1v) is 6.93. The van der Waals surface area contributed by atoms with Crippen LogP contribution in [0.1, 0.15) is 0 Å². The number of nitrogens with one attached hydrogen (secondary N) is 2. The van der Waals surface area contributed by atoms with Gasteiger partial charge in [0.1, 0.15) is 0 Å². The average molecular weight is 251 g/mol. The number of carbonyl (C=O) groups excluding carboxylic acids is 1. The molecule has 1 saturated heterocycles. The van der Waals surface area contributed by atoms with E-state index in [1.807, 2.05) is 0 Å². The summed E-state index contributed by atoms with van der Waals surface area (Å²) >= 11 is 0. The first-order chi connectivity index (χ1) is 7.49. The summed E-state index contributed by atoms with van der Waals surface area (Å²) in [6.45, 7) is 2.73. The van der Waals surface area contributed by atoms with E-state index in [2.05, 4.69) is 10.0 Å². The summed E-state index contributed by atoms with van der Waals surface area (Å²) in [4.78, 5) is 13.1. The van der Waals surface area contributed by atoms with Crippen molar-refractivity contribution in [2.75, 3.05) is 45.6 Å². The summed E-state index contributed by atoms with van der Waals surface area (Å²) in [7, 11) is -3.18. The minimum absolute atomic E-state index is 0.182. The van der Waals surface area contributed by atoms with Gasteiger partial charge in [0.05, 0.1) is 19.5 Å². The summed E-state index contributed by atoms with van der Waals surface area (Å²) in [5.74, 6) is 0. The number of ether oxygens (including phenoxy) is 1. The van der Waals surface area contributed by atoms with Crippen LogP contribution in [0, 0.1) is 0 Å². The number of rotatable bonds is 4. The lowest BCUT2D eigenvalue weighted by atomic mass is 10.4. The Kier molecular flexibility index (Phi) is 4.97. The van der Waals surface area contributed by atoms with Crippen LogP contribution in [0.2, 0.25) is 0 Å². The second-order valence-electron chi connectivity index (χ2n) is 3.50. The Hall–Kier alpha value is -0.860. The Morgan fingerprint density at radius 3 is 2.50 bits per heavy atom. The fourth-order valence-corrected chi connectivity index (χ4v) is 1.76. The van der Waals surface area contributed by atoms with E-state index in [-0.39, 0.29) is 19.1 Å². The number of sulfonamides is 1. The lowest BCUT2D eigenvalue weighted by Crippen LogP contribution is -2.47. The van der Waals surface area contributed by atoms with Gasteiger partial charge < -0.3 is 15.0 Å². The zero-order valence-electron chi connectivity index (χ0n) is 9.23. The highest BCUT2D eigenvalue weighted by atomic mass is 32.2. The fraction of sp³-hybridized carbons (Fsp3) is 0.875. The quantitative estimate of drug-likeness (QED) is 0.600. The molecule has 1 aliphatic rings.